The lowest BCUT2D eigenvalue weighted by Gasteiger charge is -2.25. The molecule has 2 atom stereocenters. The average molecular weight is 373 g/mol. The Bertz CT molecular complexity index is 933. The summed E-state index contributed by atoms with van der Waals surface area (Å²) in [7, 11) is 1.59. The molecule has 1 aromatic heterocycles. The third-order valence-electron chi connectivity index (χ3n) is 6.08. The normalized spacial score (nSPS) is 21.2. The van der Waals surface area contributed by atoms with Gasteiger partial charge in [-0.05, 0) is 56.2 Å². The summed E-state index contributed by atoms with van der Waals surface area (Å²) in [5, 5.41) is 0.782. The van der Waals surface area contributed by atoms with E-state index in [4.69, 9.17) is 10.5 Å². The third kappa shape index (κ3) is 3.15. The number of pyridine rings is 1. The van der Waals surface area contributed by atoms with Crippen LogP contribution < -0.4 is 16.2 Å². The second-order valence-corrected chi connectivity index (χ2v) is 8.12. The fraction of sp³-hybridized carbons (Fsp3) is 0.571. The van der Waals surface area contributed by atoms with Crippen molar-refractivity contribution in [2.24, 2.45) is 11.7 Å². The Morgan fingerprint density at radius 1 is 1.33 bits per heavy atom. The van der Waals surface area contributed by atoms with Crippen molar-refractivity contribution in [1.29, 1.82) is 0 Å². The van der Waals surface area contributed by atoms with Crippen LogP contribution >= 0.6 is 0 Å². The number of hydrogen-bond acceptors (Lipinski definition) is 4. The minimum Gasteiger partial charge on any atom is -0.380 e. The zero-order valence-electron chi connectivity index (χ0n) is 16.3. The summed E-state index contributed by atoms with van der Waals surface area (Å²) in [6.07, 6.45) is 2.97. The molecule has 0 bridgehead atoms. The summed E-state index contributed by atoms with van der Waals surface area (Å²) in [4.78, 5) is 14.9. The fourth-order valence-electron chi connectivity index (χ4n) is 4.50. The molecule has 2 aliphatic rings. The predicted molar refractivity (Wildman–Crippen MR) is 106 cm³/mol. The van der Waals surface area contributed by atoms with Gasteiger partial charge in [0.1, 0.15) is 5.82 Å². The molecule has 2 aromatic rings. The highest BCUT2D eigenvalue weighted by atomic mass is 19.1. The molecule has 2 fully saturated rings. The molecule has 0 spiro atoms. The van der Waals surface area contributed by atoms with E-state index in [1.807, 2.05) is 18.4 Å². The largest absolute Gasteiger partial charge is 0.380 e. The molecule has 146 valence electrons. The molecule has 1 aliphatic carbocycles. The number of benzene rings is 1. The molecule has 4 rings (SSSR count). The summed E-state index contributed by atoms with van der Waals surface area (Å²) < 4.78 is 22.4. The Morgan fingerprint density at radius 2 is 2.07 bits per heavy atom. The molecule has 0 amide bonds. The first kappa shape index (κ1) is 18.4. The molecule has 1 aliphatic heterocycles. The lowest BCUT2D eigenvalue weighted by molar-refractivity contribution is 0.186. The van der Waals surface area contributed by atoms with Crippen LogP contribution in [0.3, 0.4) is 0 Å². The van der Waals surface area contributed by atoms with Gasteiger partial charge in [-0.3, -0.25) is 4.79 Å². The second kappa shape index (κ2) is 6.91. The first-order chi connectivity index (χ1) is 12.9. The van der Waals surface area contributed by atoms with Crippen molar-refractivity contribution in [3.8, 4) is 0 Å². The Kier molecular flexibility index (Phi) is 4.72. The van der Waals surface area contributed by atoms with E-state index < -0.39 is 0 Å². The van der Waals surface area contributed by atoms with Crippen LogP contribution in [-0.4, -0.2) is 30.8 Å². The van der Waals surface area contributed by atoms with E-state index in [-0.39, 0.29) is 23.5 Å². The van der Waals surface area contributed by atoms with Crippen LogP contribution in [-0.2, 0) is 11.3 Å². The van der Waals surface area contributed by atoms with Crippen LogP contribution in [0, 0.1) is 18.7 Å². The molecular formula is C21H28FN3O2. The van der Waals surface area contributed by atoms with Gasteiger partial charge >= 0.3 is 0 Å². The molecule has 0 unspecified atom stereocenters. The van der Waals surface area contributed by atoms with Crippen molar-refractivity contribution < 1.29 is 9.13 Å². The molecule has 2 heterocycles. The van der Waals surface area contributed by atoms with Gasteiger partial charge in [0, 0.05) is 43.7 Å². The van der Waals surface area contributed by atoms with Crippen LogP contribution in [0.2, 0.25) is 0 Å². The van der Waals surface area contributed by atoms with Crippen LogP contribution in [0.1, 0.15) is 43.4 Å². The van der Waals surface area contributed by atoms with Gasteiger partial charge < -0.3 is 19.9 Å². The fourth-order valence-corrected chi connectivity index (χ4v) is 4.50. The minimum atomic E-state index is -0.233. The zero-order valence-corrected chi connectivity index (χ0v) is 16.3. The summed E-state index contributed by atoms with van der Waals surface area (Å²) in [6, 6.07) is 3.51. The van der Waals surface area contributed by atoms with Gasteiger partial charge in [0.25, 0.3) is 5.56 Å². The molecule has 2 N–H and O–H groups in total. The van der Waals surface area contributed by atoms with E-state index >= 15 is 4.39 Å². The van der Waals surface area contributed by atoms with Gasteiger partial charge in [0.15, 0.2) is 0 Å². The predicted octanol–water partition coefficient (Wildman–Crippen LogP) is 3.10. The molecule has 1 saturated heterocycles. The Labute approximate surface area is 158 Å². The Balaban J connectivity index is 1.92. The van der Waals surface area contributed by atoms with Crippen molar-refractivity contribution in [2.75, 3.05) is 25.1 Å². The van der Waals surface area contributed by atoms with Gasteiger partial charge in [-0.15, -0.1) is 0 Å². The van der Waals surface area contributed by atoms with E-state index in [9.17, 15) is 4.79 Å². The van der Waals surface area contributed by atoms with Crippen LogP contribution in [0.5, 0.6) is 0 Å². The van der Waals surface area contributed by atoms with Crippen molar-refractivity contribution in [2.45, 2.75) is 51.8 Å². The zero-order chi connectivity index (χ0) is 19.3. The molecule has 0 radical (unpaired) electrons. The average Bonchev–Trinajstić information content (AvgIpc) is 3.32. The van der Waals surface area contributed by atoms with Gasteiger partial charge in [-0.1, -0.05) is 0 Å². The number of nitrogens with two attached hydrogens (primary N) is 1. The number of nitrogens with zero attached hydrogens (tertiary/aromatic N) is 2. The molecule has 27 heavy (non-hydrogen) atoms. The number of ether oxygens (including phenoxy) is 1. The number of fused-ring (bicyclic) bond motifs is 1. The van der Waals surface area contributed by atoms with Gasteiger partial charge in [0.2, 0.25) is 0 Å². The maximum Gasteiger partial charge on any atom is 0.251 e. The number of hydrogen-bond donors (Lipinski definition) is 1. The monoisotopic (exact) mass is 373 g/mol. The highest BCUT2D eigenvalue weighted by molar-refractivity contribution is 5.90. The SMILES string of the molecule is COCc1cc(=O)n(C2CC2)c2c(C)c(N3CC[C@@H]([C@H](C)N)C3)c(F)cc12. The van der Waals surface area contributed by atoms with E-state index in [1.165, 1.54) is 0 Å². The lowest BCUT2D eigenvalue weighted by atomic mass is 10.0. The van der Waals surface area contributed by atoms with Crippen molar-refractivity contribution in [3.05, 3.63) is 39.4 Å². The minimum absolute atomic E-state index is 0.0208. The molecular weight excluding hydrogens is 345 g/mol. The van der Waals surface area contributed by atoms with Crippen molar-refractivity contribution in [3.63, 3.8) is 0 Å². The highest BCUT2D eigenvalue weighted by Gasteiger charge is 2.32. The van der Waals surface area contributed by atoms with Gasteiger partial charge in [-0.2, -0.15) is 0 Å². The summed E-state index contributed by atoms with van der Waals surface area (Å²) in [5.41, 5.74) is 9.12. The van der Waals surface area contributed by atoms with Crippen LogP contribution in [0.25, 0.3) is 10.9 Å². The third-order valence-corrected chi connectivity index (χ3v) is 6.08. The first-order valence-electron chi connectivity index (χ1n) is 9.79. The number of halogens is 1. The van der Waals surface area contributed by atoms with Crippen LogP contribution in [0.4, 0.5) is 10.1 Å². The van der Waals surface area contributed by atoms with E-state index in [2.05, 4.69) is 4.90 Å². The molecule has 1 aromatic carbocycles. The maximum absolute atomic E-state index is 15.2. The first-order valence-corrected chi connectivity index (χ1v) is 9.79. The van der Waals surface area contributed by atoms with Crippen LogP contribution in [0.15, 0.2) is 16.9 Å². The summed E-state index contributed by atoms with van der Waals surface area (Å²) in [6.45, 7) is 5.80. The highest BCUT2D eigenvalue weighted by Crippen LogP contribution is 2.41. The van der Waals surface area contributed by atoms with E-state index in [0.29, 0.717) is 18.2 Å². The van der Waals surface area contributed by atoms with Gasteiger partial charge in [-0.25, -0.2) is 4.39 Å². The van der Waals surface area contributed by atoms with E-state index in [1.54, 1.807) is 19.2 Å². The maximum atomic E-state index is 15.2. The number of methoxy groups -OCH3 is 1. The standard InChI is InChI=1S/C21H28FN3O2/c1-12-20-17(15(11-27-3)8-19(26)25(20)16-4-5-16)9-18(22)21(12)24-7-6-14(10-24)13(2)23/h8-9,13-14,16H,4-7,10-11,23H2,1-3H3/t13-,14+/m0/s1. The number of aryl methyl sites for hydroxylation is 1. The Hall–Kier alpha value is -1.92. The lowest BCUT2D eigenvalue weighted by Crippen LogP contribution is -2.30. The smallest absolute Gasteiger partial charge is 0.251 e. The van der Waals surface area contributed by atoms with E-state index in [0.717, 1.165) is 54.4 Å². The number of rotatable bonds is 5. The van der Waals surface area contributed by atoms with Crippen molar-refractivity contribution in [1.82, 2.24) is 4.57 Å². The molecule has 1 saturated carbocycles. The molecule has 5 nitrogen and oxygen atoms in total. The number of aromatic nitrogens is 1. The second-order valence-electron chi connectivity index (χ2n) is 8.12. The molecule has 6 heteroatoms. The topological polar surface area (TPSA) is 60.5 Å². The summed E-state index contributed by atoms with van der Waals surface area (Å²) in [5.74, 6) is 0.133. The van der Waals surface area contributed by atoms with Crippen molar-refractivity contribution >= 4 is 16.6 Å². The number of anilines is 1. The summed E-state index contributed by atoms with van der Waals surface area (Å²) >= 11 is 0. The van der Waals surface area contributed by atoms with Gasteiger partial charge in [0.05, 0.1) is 17.8 Å². The quantitative estimate of drug-likeness (QED) is 0.875. The Morgan fingerprint density at radius 3 is 2.67 bits per heavy atom.